The molecule has 0 spiro atoms. The minimum absolute atomic E-state index is 0.379. The first-order valence-electron chi connectivity index (χ1n) is 21.8. The van der Waals surface area contributed by atoms with E-state index in [1.807, 2.05) is 6.08 Å². The van der Waals surface area contributed by atoms with Crippen molar-refractivity contribution in [2.45, 2.75) is 238 Å². The number of aliphatic hydroxyl groups excluding tert-OH is 3. The van der Waals surface area contributed by atoms with E-state index in [0.717, 1.165) is 44.9 Å². The van der Waals surface area contributed by atoms with E-state index in [1.165, 1.54) is 154 Å². The molecule has 0 aliphatic rings. The van der Waals surface area contributed by atoms with E-state index >= 15 is 0 Å². The molecule has 0 heterocycles. The fourth-order valence-electron chi connectivity index (χ4n) is 6.51. The molecule has 0 radical (unpaired) electrons. The summed E-state index contributed by atoms with van der Waals surface area (Å²) < 4.78 is 0. The van der Waals surface area contributed by atoms with Crippen LogP contribution in [-0.4, -0.2) is 46.1 Å². The summed E-state index contributed by atoms with van der Waals surface area (Å²) in [5.41, 5.74) is 0. The van der Waals surface area contributed by atoms with E-state index in [4.69, 9.17) is 0 Å². The van der Waals surface area contributed by atoms with Crippen LogP contribution in [-0.2, 0) is 4.79 Å². The molecule has 5 nitrogen and oxygen atoms in total. The third-order valence-electron chi connectivity index (χ3n) is 9.96. The summed E-state index contributed by atoms with van der Waals surface area (Å²) in [7, 11) is 0. The van der Waals surface area contributed by atoms with E-state index in [1.54, 1.807) is 6.08 Å². The minimum Gasteiger partial charge on any atom is -0.394 e. The van der Waals surface area contributed by atoms with Gasteiger partial charge in [0.25, 0.3) is 0 Å². The maximum atomic E-state index is 12.4. The van der Waals surface area contributed by atoms with Crippen LogP contribution in [0.15, 0.2) is 36.5 Å². The number of hydrogen-bond acceptors (Lipinski definition) is 4. The molecule has 3 atom stereocenters. The number of aliphatic hydroxyl groups is 3. The van der Waals surface area contributed by atoms with Gasteiger partial charge in [0, 0.05) is 0 Å². The number of nitrogens with one attached hydrogen (secondary N) is 1. The number of unbranched alkanes of at least 4 members (excludes halogenated alkanes) is 27. The largest absolute Gasteiger partial charge is 0.394 e. The Labute approximate surface area is 311 Å². The number of amides is 1. The molecule has 0 aromatic rings. The third kappa shape index (κ3) is 35.0. The number of hydrogen-bond donors (Lipinski definition) is 4. The van der Waals surface area contributed by atoms with Crippen molar-refractivity contribution in [1.82, 2.24) is 5.32 Å². The van der Waals surface area contributed by atoms with Crippen molar-refractivity contribution in [2.75, 3.05) is 6.61 Å². The van der Waals surface area contributed by atoms with Crippen molar-refractivity contribution in [3.05, 3.63) is 36.5 Å². The van der Waals surface area contributed by atoms with Crippen LogP contribution in [0.25, 0.3) is 0 Å². The summed E-state index contributed by atoms with van der Waals surface area (Å²) in [6.45, 7) is 4.17. The summed E-state index contributed by atoms with van der Waals surface area (Å²) >= 11 is 0. The molecule has 0 rings (SSSR count). The smallest absolute Gasteiger partial charge is 0.249 e. The zero-order chi connectivity index (χ0) is 36.6. The van der Waals surface area contributed by atoms with Gasteiger partial charge in [0.1, 0.15) is 6.10 Å². The van der Waals surface area contributed by atoms with Crippen molar-refractivity contribution in [3.8, 4) is 0 Å². The van der Waals surface area contributed by atoms with E-state index < -0.39 is 24.2 Å². The average Bonchev–Trinajstić information content (AvgIpc) is 3.12. The zero-order valence-electron chi connectivity index (χ0n) is 33.3. The van der Waals surface area contributed by atoms with Gasteiger partial charge in [-0.25, -0.2) is 0 Å². The SMILES string of the molecule is CCCCCCCCCCC/C=C/CC/C=C/CC/C=C/C(O)C(CO)NC(=O)C(O)CCCCCCCCCCCCCCCCCCC. The normalized spacial score (nSPS) is 13.9. The van der Waals surface area contributed by atoms with Crippen LogP contribution < -0.4 is 5.32 Å². The predicted octanol–water partition coefficient (Wildman–Crippen LogP) is 12.4. The summed E-state index contributed by atoms with van der Waals surface area (Å²) in [6, 6.07) is -0.818. The van der Waals surface area contributed by atoms with E-state index in [9.17, 15) is 20.1 Å². The highest BCUT2D eigenvalue weighted by molar-refractivity contribution is 5.80. The van der Waals surface area contributed by atoms with Crippen LogP contribution in [0.1, 0.15) is 219 Å². The van der Waals surface area contributed by atoms with Crippen molar-refractivity contribution in [3.63, 3.8) is 0 Å². The quantitative estimate of drug-likeness (QED) is 0.0379. The van der Waals surface area contributed by atoms with Gasteiger partial charge < -0.3 is 20.6 Å². The lowest BCUT2D eigenvalue weighted by molar-refractivity contribution is -0.131. The maximum absolute atomic E-state index is 12.4. The maximum Gasteiger partial charge on any atom is 0.249 e. The van der Waals surface area contributed by atoms with Crippen molar-refractivity contribution in [1.29, 1.82) is 0 Å². The second-order valence-electron chi connectivity index (χ2n) is 14.9. The molecule has 0 saturated heterocycles. The molecule has 1 amide bonds. The Kier molecular flexibility index (Phi) is 39.2. The molecule has 294 valence electrons. The van der Waals surface area contributed by atoms with Gasteiger partial charge in [-0.3, -0.25) is 4.79 Å². The summed E-state index contributed by atoms with van der Waals surface area (Å²) in [5, 5.41) is 33.1. The Morgan fingerprint density at radius 3 is 1.22 bits per heavy atom. The molecular formula is C45H85NO4. The molecule has 0 aromatic carbocycles. The second-order valence-corrected chi connectivity index (χ2v) is 14.9. The number of allylic oxidation sites excluding steroid dienone is 5. The Bertz CT molecular complexity index is 779. The van der Waals surface area contributed by atoms with Gasteiger partial charge in [0.2, 0.25) is 5.91 Å². The van der Waals surface area contributed by atoms with Crippen molar-refractivity contribution in [2.24, 2.45) is 0 Å². The molecule has 0 saturated carbocycles. The fourth-order valence-corrected chi connectivity index (χ4v) is 6.51. The van der Waals surface area contributed by atoms with Crippen molar-refractivity contribution >= 4 is 5.91 Å². The highest BCUT2D eigenvalue weighted by Crippen LogP contribution is 2.15. The first-order chi connectivity index (χ1) is 24.6. The first-order valence-corrected chi connectivity index (χ1v) is 21.8. The molecule has 0 aromatic heterocycles. The van der Waals surface area contributed by atoms with Crippen LogP contribution in [0.2, 0.25) is 0 Å². The Balaban J connectivity index is 3.74. The predicted molar refractivity (Wildman–Crippen MR) is 218 cm³/mol. The molecule has 4 N–H and O–H groups in total. The number of carbonyl (C=O) groups excluding carboxylic acids is 1. The second kappa shape index (κ2) is 40.3. The van der Waals surface area contributed by atoms with Gasteiger partial charge in [-0.05, 0) is 44.9 Å². The van der Waals surface area contributed by atoms with Crippen molar-refractivity contribution < 1.29 is 20.1 Å². The topological polar surface area (TPSA) is 89.8 Å². The number of rotatable bonds is 39. The van der Waals surface area contributed by atoms with Crippen LogP contribution >= 0.6 is 0 Å². The third-order valence-corrected chi connectivity index (χ3v) is 9.96. The van der Waals surface area contributed by atoms with E-state index in [2.05, 4.69) is 43.5 Å². The molecule has 5 heteroatoms. The Morgan fingerprint density at radius 2 is 0.820 bits per heavy atom. The molecule has 0 bridgehead atoms. The van der Waals surface area contributed by atoms with E-state index in [0.29, 0.717) is 6.42 Å². The van der Waals surface area contributed by atoms with Gasteiger partial charge in [0.15, 0.2) is 0 Å². The standard InChI is InChI=1S/C45H85NO4/c1-3-5-7-9-11-13-15-17-19-21-22-24-25-27-29-31-33-35-37-39-43(48)42(41-47)46-45(50)44(49)40-38-36-34-32-30-28-26-23-20-18-16-14-12-10-8-6-4-2/h22,24,29,31,37,39,42-44,47-49H,3-21,23,25-28,30,32-36,38,40-41H2,1-2H3,(H,46,50)/b24-22+,31-29+,39-37+. The fraction of sp³-hybridized carbons (Fsp3) is 0.844. The van der Waals surface area contributed by atoms with Crippen LogP contribution in [0, 0.1) is 0 Å². The highest BCUT2D eigenvalue weighted by atomic mass is 16.3. The molecule has 3 unspecified atom stereocenters. The Morgan fingerprint density at radius 1 is 0.480 bits per heavy atom. The molecule has 50 heavy (non-hydrogen) atoms. The van der Waals surface area contributed by atoms with Crippen LogP contribution in [0.3, 0.4) is 0 Å². The first kappa shape index (κ1) is 48.6. The summed E-state index contributed by atoms with van der Waals surface area (Å²) in [4.78, 5) is 12.4. The summed E-state index contributed by atoms with van der Waals surface area (Å²) in [6.07, 6.45) is 50.3. The Hall–Kier alpha value is -1.43. The number of carbonyl (C=O) groups is 1. The van der Waals surface area contributed by atoms with Gasteiger partial charge in [-0.2, -0.15) is 0 Å². The van der Waals surface area contributed by atoms with E-state index in [-0.39, 0.29) is 6.61 Å². The lowest BCUT2D eigenvalue weighted by Crippen LogP contribution is -2.48. The molecule has 0 fully saturated rings. The summed E-state index contributed by atoms with van der Waals surface area (Å²) in [5.74, 6) is -0.516. The van der Waals surface area contributed by atoms with Gasteiger partial charge in [-0.1, -0.05) is 211 Å². The van der Waals surface area contributed by atoms with Crippen LogP contribution in [0.5, 0.6) is 0 Å². The van der Waals surface area contributed by atoms with Gasteiger partial charge in [0.05, 0.1) is 18.8 Å². The van der Waals surface area contributed by atoms with Gasteiger partial charge in [-0.15, -0.1) is 0 Å². The lowest BCUT2D eigenvalue weighted by Gasteiger charge is -2.21. The lowest BCUT2D eigenvalue weighted by atomic mass is 10.0. The molecule has 0 aliphatic heterocycles. The zero-order valence-corrected chi connectivity index (χ0v) is 33.3. The monoisotopic (exact) mass is 704 g/mol. The molecular weight excluding hydrogens is 618 g/mol. The van der Waals surface area contributed by atoms with Gasteiger partial charge >= 0.3 is 0 Å². The molecule has 0 aliphatic carbocycles. The minimum atomic E-state index is -1.11. The average molecular weight is 704 g/mol. The highest BCUT2D eigenvalue weighted by Gasteiger charge is 2.22. The van der Waals surface area contributed by atoms with Crippen LogP contribution in [0.4, 0.5) is 0 Å².